The minimum atomic E-state index is -0.873. The third-order valence-corrected chi connectivity index (χ3v) is 5.76. The average molecular weight is 534 g/mol. The number of nitrogens with zero attached hydrogens (tertiary/aromatic N) is 1. The van der Waals surface area contributed by atoms with E-state index >= 15 is 0 Å². The maximum Gasteiger partial charge on any atom is 0.335 e. The molecule has 1 saturated heterocycles. The molecule has 0 bridgehead atoms. The van der Waals surface area contributed by atoms with Gasteiger partial charge in [-0.05, 0) is 67.4 Å². The molecule has 0 unspecified atom stereocenters. The second-order valence-corrected chi connectivity index (χ2v) is 8.67. The summed E-state index contributed by atoms with van der Waals surface area (Å²) in [5, 5.41) is 5.30. The number of hydrogen-bond acceptors (Lipinski definition) is 6. The number of aryl methyl sites for hydroxylation is 1. The van der Waals surface area contributed by atoms with E-state index in [2.05, 4.69) is 10.6 Å². The number of halogens is 1. The minimum Gasteiger partial charge on any atom is -0.490 e. The summed E-state index contributed by atoms with van der Waals surface area (Å²) in [7, 11) is 0. The van der Waals surface area contributed by atoms with Crippen LogP contribution in [0, 0.1) is 6.92 Å². The molecular weight excluding hydrogens is 510 g/mol. The van der Waals surface area contributed by atoms with Crippen LogP contribution in [-0.4, -0.2) is 37.0 Å². The van der Waals surface area contributed by atoms with Crippen molar-refractivity contribution in [1.82, 2.24) is 5.32 Å². The van der Waals surface area contributed by atoms with E-state index in [0.717, 1.165) is 10.5 Å². The first kappa shape index (κ1) is 26.4. The van der Waals surface area contributed by atoms with Gasteiger partial charge >= 0.3 is 6.03 Å². The number of anilines is 2. The number of para-hydroxylation sites is 1. The van der Waals surface area contributed by atoms with Crippen molar-refractivity contribution < 1.29 is 28.7 Å². The second kappa shape index (κ2) is 11.6. The van der Waals surface area contributed by atoms with Gasteiger partial charge in [-0.25, -0.2) is 9.69 Å². The number of imide groups is 2. The maximum absolute atomic E-state index is 13.1. The van der Waals surface area contributed by atoms with E-state index in [1.165, 1.54) is 18.2 Å². The number of carbonyl (C=O) groups is 4. The van der Waals surface area contributed by atoms with E-state index in [1.54, 1.807) is 43.3 Å². The summed E-state index contributed by atoms with van der Waals surface area (Å²) in [6, 6.07) is 17.4. The molecule has 5 amide bonds. The van der Waals surface area contributed by atoms with Gasteiger partial charge in [0.05, 0.1) is 12.3 Å². The van der Waals surface area contributed by atoms with E-state index in [9.17, 15) is 19.2 Å². The van der Waals surface area contributed by atoms with Crippen molar-refractivity contribution in [2.45, 2.75) is 13.8 Å². The molecule has 0 spiro atoms. The van der Waals surface area contributed by atoms with E-state index in [-0.39, 0.29) is 23.8 Å². The number of benzene rings is 3. The Bertz CT molecular complexity index is 1450. The normalized spacial score (nSPS) is 14.3. The van der Waals surface area contributed by atoms with E-state index in [4.69, 9.17) is 21.1 Å². The lowest BCUT2D eigenvalue weighted by Crippen LogP contribution is -2.54. The molecule has 0 atom stereocenters. The number of barbiturate groups is 1. The van der Waals surface area contributed by atoms with Crippen LogP contribution in [0.1, 0.15) is 18.1 Å². The molecule has 1 fully saturated rings. The first-order chi connectivity index (χ1) is 18.3. The fraction of sp³-hybridized carbons (Fsp3) is 0.143. The summed E-state index contributed by atoms with van der Waals surface area (Å²) >= 11 is 6.01. The number of carbonyl (C=O) groups excluding carboxylic acids is 4. The molecule has 1 heterocycles. The Morgan fingerprint density at radius 3 is 2.53 bits per heavy atom. The van der Waals surface area contributed by atoms with Gasteiger partial charge in [-0.3, -0.25) is 19.7 Å². The van der Waals surface area contributed by atoms with Gasteiger partial charge in [-0.15, -0.1) is 0 Å². The third-order valence-electron chi connectivity index (χ3n) is 5.52. The molecule has 4 rings (SSSR count). The summed E-state index contributed by atoms with van der Waals surface area (Å²) in [5.74, 6) is -1.35. The highest BCUT2D eigenvalue weighted by atomic mass is 35.5. The van der Waals surface area contributed by atoms with Crippen LogP contribution in [-0.2, 0) is 14.4 Å². The van der Waals surface area contributed by atoms with Gasteiger partial charge in [0.1, 0.15) is 5.57 Å². The zero-order valence-corrected chi connectivity index (χ0v) is 21.4. The third kappa shape index (κ3) is 6.01. The summed E-state index contributed by atoms with van der Waals surface area (Å²) in [4.78, 5) is 51.3. The zero-order valence-electron chi connectivity index (χ0n) is 20.6. The highest BCUT2D eigenvalue weighted by Gasteiger charge is 2.36. The van der Waals surface area contributed by atoms with Gasteiger partial charge in [0.25, 0.3) is 17.7 Å². The molecule has 9 nitrogen and oxygen atoms in total. The number of nitrogens with one attached hydrogen (secondary N) is 2. The predicted octanol–water partition coefficient (Wildman–Crippen LogP) is 4.73. The van der Waals surface area contributed by atoms with Gasteiger partial charge in [0.2, 0.25) is 0 Å². The molecule has 1 aliphatic rings. The summed E-state index contributed by atoms with van der Waals surface area (Å²) in [5.41, 5.74) is 2.03. The molecule has 194 valence electrons. The SMILES string of the molecule is CCOc1cc(/C=C2\C(=O)NC(=O)N(c3cccc(Cl)c3)C2=O)ccc1OCC(=O)Nc1ccccc1C. The van der Waals surface area contributed by atoms with E-state index in [0.29, 0.717) is 34.4 Å². The number of ether oxygens (including phenoxy) is 2. The molecule has 2 N–H and O–H groups in total. The lowest BCUT2D eigenvalue weighted by molar-refractivity contribution is -0.122. The summed E-state index contributed by atoms with van der Waals surface area (Å²) < 4.78 is 11.3. The fourth-order valence-electron chi connectivity index (χ4n) is 3.72. The van der Waals surface area contributed by atoms with Crippen LogP contribution in [0.2, 0.25) is 5.02 Å². The highest BCUT2D eigenvalue weighted by molar-refractivity contribution is 6.39. The molecule has 0 aromatic heterocycles. The van der Waals surface area contributed by atoms with Crippen LogP contribution >= 0.6 is 11.6 Å². The molecule has 3 aromatic carbocycles. The van der Waals surface area contributed by atoms with Crippen molar-refractivity contribution >= 4 is 52.8 Å². The van der Waals surface area contributed by atoms with E-state index in [1.807, 2.05) is 25.1 Å². The van der Waals surface area contributed by atoms with Crippen LogP contribution < -0.4 is 25.0 Å². The van der Waals surface area contributed by atoms with Crippen LogP contribution in [0.3, 0.4) is 0 Å². The first-order valence-electron chi connectivity index (χ1n) is 11.7. The van der Waals surface area contributed by atoms with Crippen LogP contribution in [0.4, 0.5) is 16.2 Å². The van der Waals surface area contributed by atoms with Gasteiger partial charge < -0.3 is 14.8 Å². The van der Waals surface area contributed by atoms with Crippen molar-refractivity contribution in [3.8, 4) is 11.5 Å². The Hall–Kier alpha value is -4.63. The first-order valence-corrected chi connectivity index (χ1v) is 12.1. The lowest BCUT2D eigenvalue weighted by atomic mass is 10.1. The van der Waals surface area contributed by atoms with Gasteiger partial charge in [-0.1, -0.05) is 41.9 Å². The van der Waals surface area contributed by atoms with Gasteiger partial charge in [-0.2, -0.15) is 0 Å². The van der Waals surface area contributed by atoms with Crippen LogP contribution in [0.15, 0.2) is 72.3 Å². The molecular formula is C28H24ClN3O6. The Balaban J connectivity index is 1.54. The maximum atomic E-state index is 13.1. The largest absolute Gasteiger partial charge is 0.490 e. The predicted molar refractivity (Wildman–Crippen MR) is 143 cm³/mol. The number of amides is 5. The van der Waals surface area contributed by atoms with E-state index < -0.39 is 17.8 Å². The van der Waals surface area contributed by atoms with Crippen molar-refractivity contribution in [3.05, 3.63) is 88.5 Å². The molecule has 0 aliphatic carbocycles. The number of urea groups is 1. The molecule has 0 saturated carbocycles. The minimum absolute atomic E-state index is 0.223. The van der Waals surface area contributed by atoms with Crippen molar-refractivity contribution in [2.75, 3.05) is 23.4 Å². The van der Waals surface area contributed by atoms with Crippen molar-refractivity contribution in [3.63, 3.8) is 0 Å². The monoisotopic (exact) mass is 533 g/mol. The average Bonchev–Trinajstić information content (AvgIpc) is 2.87. The molecule has 1 aliphatic heterocycles. The topological polar surface area (TPSA) is 114 Å². The Morgan fingerprint density at radius 1 is 1.00 bits per heavy atom. The van der Waals surface area contributed by atoms with Gasteiger partial charge in [0.15, 0.2) is 18.1 Å². The lowest BCUT2D eigenvalue weighted by Gasteiger charge is -2.26. The van der Waals surface area contributed by atoms with Crippen molar-refractivity contribution in [2.24, 2.45) is 0 Å². The van der Waals surface area contributed by atoms with Crippen molar-refractivity contribution in [1.29, 1.82) is 0 Å². The van der Waals surface area contributed by atoms with Gasteiger partial charge in [0, 0.05) is 10.7 Å². The highest BCUT2D eigenvalue weighted by Crippen LogP contribution is 2.31. The molecule has 38 heavy (non-hydrogen) atoms. The standard InChI is InChI=1S/C28H24ClN3O6/c1-3-37-24-14-18(11-12-23(24)38-16-25(33)30-22-10-5-4-7-17(22)2)13-21-26(34)31-28(36)32(27(21)35)20-9-6-8-19(29)15-20/h4-15H,3,16H2,1-2H3,(H,30,33)(H,31,34,36)/b21-13+. The molecule has 10 heteroatoms. The van der Waals surface area contributed by atoms with Crippen LogP contribution in [0.5, 0.6) is 11.5 Å². The molecule has 3 aromatic rings. The Labute approximate surface area is 224 Å². The Kier molecular flexibility index (Phi) is 8.08. The number of hydrogen-bond donors (Lipinski definition) is 2. The zero-order chi connectivity index (χ0) is 27.2. The smallest absolute Gasteiger partial charge is 0.335 e. The fourth-order valence-corrected chi connectivity index (χ4v) is 3.90. The molecule has 0 radical (unpaired) electrons. The number of rotatable bonds is 8. The second-order valence-electron chi connectivity index (χ2n) is 8.23. The Morgan fingerprint density at radius 2 is 1.79 bits per heavy atom. The van der Waals surface area contributed by atoms with Crippen LogP contribution in [0.25, 0.3) is 6.08 Å². The summed E-state index contributed by atoms with van der Waals surface area (Å²) in [6.45, 7) is 3.72. The summed E-state index contributed by atoms with van der Waals surface area (Å²) in [6.07, 6.45) is 1.35. The quantitative estimate of drug-likeness (QED) is 0.319.